The van der Waals surface area contributed by atoms with E-state index in [1.807, 2.05) is 0 Å². The number of carbonyl (C=O) groups is 1. The molecule has 0 spiro atoms. The number of terminal acetylenes is 1. The highest BCUT2D eigenvalue weighted by Crippen LogP contribution is 2.52. The molecule has 118 valence electrons. The smallest absolute Gasteiger partial charge is 0.351 e. The normalized spacial score (nSPS) is 22.3. The zero-order valence-electron chi connectivity index (χ0n) is 11.9. The molecule has 0 fully saturated rings. The molecule has 1 aromatic carbocycles. The summed E-state index contributed by atoms with van der Waals surface area (Å²) in [7, 11) is 0. The maximum atomic E-state index is 13.8. The Hall–Kier alpha value is -1.71. The Bertz CT molecular complexity index is 651. The summed E-state index contributed by atoms with van der Waals surface area (Å²) in [5.74, 6) is -1.73. The van der Waals surface area contributed by atoms with Crippen molar-refractivity contribution in [1.29, 1.82) is 0 Å². The fourth-order valence-electron chi connectivity index (χ4n) is 2.63. The van der Waals surface area contributed by atoms with Crippen LogP contribution >= 0.6 is 11.6 Å². The standard InChI is InChI=1S/C15H13ClF3NO2/c1-4-20-12-6-5-10(16)7-11(12)14(9(2)3,15(17,18)19)22-8-13(20)21/h1,5-7,9H,8H2,2-3H3. The minimum absolute atomic E-state index is 0.0413. The maximum absolute atomic E-state index is 13.8. The third kappa shape index (κ3) is 2.34. The highest BCUT2D eigenvalue weighted by Gasteiger charge is 2.61. The summed E-state index contributed by atoms with van der Waals surface area (Å²) >= 11 is 5.86. The average molecular weight is 332 g/mol. The van der Waals surface area contributed by atoms with E-state index in [1.165, 1.54) is 26.0 Å². The molecule has 1 aromatic rings. The number of amides is 1. The molecule has 7 heteroatoms. The van der Waals surface area contributed by atoms with Crippen molar-refractivity contribution >= 4 is 23.2 Å². The molecule has 0 saturated carbocycles. The van der Waals surface area contributed by atoms with Crippen molar-refractivity contribution in [1.82, 2.24) is 0 Å². The van der Waals surface area contributed by atoms with E-state index in [0.29, 0.717) is 0 Å². The largest absolute Gasteiger partial charge is 0.422 e. The van der Waals surface area contributed by atoms with Crippen molar-refractivity contribution in [2.24, 2.45) is 5.92 Å². The maximum Gasteiger partial charge on any atom is 0.422 e. The van der Waals surface area contributed by atoms with Crippen LogP contribution in [0, 0.1) is 18.4 Å². The van der Waals surface area contributed by atoms with Gasteiger partial charge in [-0.1, -0.05) is 31.9 Å². The number of nitrogens with zero attached hydrogens (tertiary/aromatic N) is 1. The van der Waals surface area contributed by atoms with Gasteiger partial charge in [-0.25, -0.2) is 4.90 Å². The van der Waals surface area contributed by atoms with E-state index in [-0.39, 0.29) is 16.3 Å². The molecule has 22 heavy (non-hydrogen) atoms. The summed E-state index contributed by atoms with van der Waals surface area (Å²) in [5, 5.41) is 0.0999. The number of anilines is 1. The topological polar surface area (TPSA) is 29.5 Å². The van der Waals surface area contributed by atoms with Crippen LogP contribution in [0.1, 0.15) is 19.4 Å². The number of carbonyl (C=O) groups excluding carboxylic acids is 1. The van der Waals surface area contributed by atoms with Gasteiger partial charge >= 0.3 is 6.18 Å². The third-order valence-corrected chi connectivity index (χ3v) is 3.87. The van der Waals surface area contributed by atoms with Crippen LogP contribution in [-0.2, 0) is 15.1 Å². The Balaban J connectivity index is 2.86. The van der Waals surface area contributed by atoms with E-state index >= 15 is 0 Å². The van der Waals surface area contributed by atoms with Gasteiger partial charge in [-0.3, -0.25) is 4.79 Å². The van der Waals surface area contributed by atoms with E-state index in [2.05, 4.69) is 6.04 Å². The van der Waals surface area contributed by atoms with Gasteiger partial charge < -0.3 is 4.74 Å². The Morgan fingerprint density at radius 2 is 2.09 bits per heavy atom. The van der Waals surface area contributed by atoms with Crippen molar-refractivity contribution < 1.29 is 22.7 Å². The van der Waals surface area contributed by atoms with Crippen LogP contribution < -0.4 is 4.90 Å². The van der Waals surface area contributed by atoms with Crippen molar-refractivity contribution in [3.63, 3.8) is 0 Å². The molecule has 0 bridgehead atoms. The summed E-state index contributed by atoms with van der Waals surface area (Å²) in [6.45, 7) is 1.97. The van der Waals surface area contributed by atoms with E-state index in [4.69, 9.17) is 22.8 Å². The van der Waals surface area contributed by atoms with Gasteiger partial charge in [0.25, 0.3) is 5.91 Å². The number of ether oxygens (including phenoxy) is 1. The quantitative estimate of drug-likeness (QED) is 0.734. The molecule has 0 radical (unpaired) electrons. The first-order chi connectivity index (χ1) is 10.1. The highest BCUT2D eigenvalue weighted by atomic mass is 35.5. The van der Waals surface area contributed by atoms with E-state index in [1.54, 1.807) is 0 Å². The predicted molar refractivity (Wildman–Crippen MR) is 76.3 cm³/mol. The van der Waals surface area contributed by atoms with Crippen LogP contribution in [0.5, 0.6) is 0 Å². The first kappa shape index (κ1) is 16.7. The zero-order chi connectivity index (χ0) is 16.7. The summed E-state index contributed by atoms with van der Waals surface area (Å²) in [5.41, 5.74) is -2.96. The first-order valence-electron chi connectivity index (χ1n) is 6.45. The Morgan fingerprint density at radius 1 is 1.45 bits per heavy atom. The fraction of sp³-hybridized carbons (Fsp3) is 0.400. The molecule has 1 amide bonds. The van der Waals surface area contributed by atoms with Gasteiger partial charge in [0.15, 0.2) is 5.60 Å². The highest BCUT2D eigenvalue weighted by molar-refractivity contribution is 6.30. The minimum Gasteiger partial charge on any atom is -0.351 e. The number of hydrogen-bond donors (Lipinski definition) is 0. The lowest BCUT2D eigenvalue weighted by molar-refractivity contribution is -0.298. The van der Waals surface area contributed by atoms with Crippen molar-refractivity contribution in [2.75, 3.05) is 11.5 Å². The fourth-order valence-corrected chi connectivity index (χ4v) is 2.81. The van der Waals surface area contributed by atoms with Crippen LogP contribution in [0.25, 0.3) is 0 Å². The lowest BCUT2D eigenvalue weighted by Crippen LogP contribution is -2.49. The van der Waals surface area contributed by atoms with Crippen LogP contribution in [0.15, 0.2) is 18.2 Å². The second-order valence-electron chi connectivity index (χ2n) is 5.20. The molecule has 1 heterocycles. The molecular formula is C15H13ClF3NO2. The number of halogens is 4. The van der Waals surface area contributed by atoms with Crippen LogP contribution in [0.2, 0.25) is 5.02 Å². The lowest BCUT2D eigenvalue weighted by atomic mass is 9.81. The lowest BCUT2D eigenvalue weighted by Gasteiger charge is -2.38. The molecule has 0 aliphatic carbocycles. The molecule has 1 aliphatic rings. The van der Waals surface area contributed by atoms with Gasteiger partial charge in [0, 0.05) is 16.6 Å². The van der Waals surface area contributed by atoms with Crippen molar-refractivity contribution in [2.45, 2.75) is 25.6 Å². The molecule has 0 saturated heterocycles. The average Bonchev–Trinajstić information content (AvgIpc) is 2.52. The number of fused-ring (bicyclic) bond motifs is 1. The van der Waals surface area contributed by atoms with Crippen molar-refractivity contribution in [3.05, 3.63) is 28.8 Å². The van der Waals surface area contributed by atoms with E-state index in [0.717, 1.165) is 11.0 Å². The molecule has 2 rings (SSSR count). The number of hydrogen-bond acceptors (Lipinski definition) is 2. The number of alkyl halides is 3. The van der Waals surface area contributed by atoms with Gasteiger partial charge in [0.2, 0.25) is 0 Å². The minimum atomic E-state index is -4.74. The molecule has 0 aromatic heterocycles. The van der Waals surface area contributed by atoms with Crippen LogP contribution in [0.3, 0.4) is 0 Å². The molecular weight excluding hydrogens is 319 g/mol. The zero-order valence-corrected chi connectivity index (χ0v) is 12.6. The summed E-state index contributed by atoms with van der Waals surface area (Å²) in [6, 6.07) is 5.92. The summed E-state index contributed by atoms with van der Waals surface area (Å²) in [6.07, 6.45) is 0.530. The number of benzene rings is 1. The van der Waals surface area contributed by atoms with Gasteiger partial charge in [-0.05, 0) is 24.1 Å². The van der Waals surface area contributed by atoms with E-state index < -0.39 is 30.2 Å². The van der Waals surface area contributed by atoms with Gasteiger partial charge in [0.05, 0.1) is 5.69 Å². The van der Waals surface area contributed by atoms with Crippen LogP contribution in [-0.4, -0.2) is 18.7 Å². The molecule has 1 atom stereocenters. The monoisotopic (exact) mass is 331 g/mol. The molecule has 1 aliphatic heterocycles. The summed E-state index contributed by atoms with van der Waals surface area (Å²) in [4.78, 5) is 12.8. The third-order valence-electron chi connectivity index (χ3n) is 3.64. The Morgan fingerprint density at radius 3 is 2.59 bits per heavy atom. The SMILES string of the molecule is C#CN1C(=O)COC(C(C)C)(C(F)(F)F)c2cc(Cl)ccc21. The molecule has 3 nitrogen and oxygen atoms in total. The van der Waals surface area contributed by atoms with Gasteiger partial charge in [-0.2, -0.15) is 13.2 Å². The second kappa shape index (κ2) is 5.49. The number of rotatable bonds is 1. The van der Waals surface area contributed by atoms with E-state index in [9.17, 15) is 18.0 Å². The van der Waals surface area contributed by atoms with Crippen molar-refractivity contribution in [3.8, 4) is 12.5 Å². The predicted octanol–water partition coefficient (Wildman–Crippen LogP) is 3.71. The second-order valence-corrected chi connectivity index (χ2v) is 5.63. The Kier molecular flexibility index (Phi) is 4.16. The Labute approximate surface area is 131 Å². The van der Waals surface area contributed by atoms with Crippen LogP contribution in [0.4, 0.5) is 18.9 Å². The van der Waals surface area contributed by atoms with Gasteiger partial charge in [-0.15, -0.1) is 0 Å². The molecule has 1 unspecified atom stereocenters. The summed E-state index contributed by atoms with van der Waals surface area (Å²) < 4.78 is 46.6. The van der Waals surface area contributed by atoms with Gasteiger partial charge in [0.1, 0.15) is 6.61 Å². The molecule has 0 N–H and O–H groups in total. The first-order valence-corrected chi connectivity index (χ1v) is 6.83.